The topological polar surface area (TPSA) is 47.6 Å². The highest BCUT2D eigenvalue weighted by Crippen LogP contribution is 2.35. The predicted molar refractivity (Wildman–Crippen MR) is 96.4 cm³/mol. The number of nitrogens with zero attached hydrogens (tertiary/aromatic N) is 2. The van der Waals surface area contributed by atoms with Crippen LogP contribution in [0, 0.1) is 12.8 Å². The predicted octanol–water partition coefficient (Wildman–Crippen LogP) is 1.70. The fraction of sp³-hybridized carbons (Fsp3) is 0.632. The number of likely N-dealkylation sites (N-methyl/N-ethyl adjacent to an activating group) is 2. The normalized spacial score (nSPS) is 25.0. The Kier molecular flexibility index (Phi) is 5.23. The van der Waals surface area contributed by atoms with Gasteiger partial charge in [-0.25, -0.2) is 0 Å². The fourth-order valence-corrected chi connectivity index (χ4v) is 3.73. The van der Waals surface area contributed by atoms with Crippen molar-refractivity contribution in [3.63, 3.8) is 0 Å². The molecule has 24 heavy (non-hydrogen) atoms. The first-order chi connectivity index (χ1) is 11.5. The quantitative estimate of drug-likeness (QED) is 0.833. The number of nitrogens with one attached hydrogen (secondary N) is 2. The van der Waals surface area contributed by atoms with E-state index in [1.165, 1.54) is 12.8 Å². The second kappa shape index (κ2) is 7.21. The molecule has 1 saturated heterocycles. The molecule has 0 radical (unpaired) electrons. The average Bonchev–Trinajstić information content (AvgIpc) is 3.29. The first kappa shape index (κ1) is 17.4. The van der Waals surface area contributed by atoms with E-state index in [4.69, 9.17) is 0 Å². The number of rotatable bonds is 6. The Morgan fingerprint density at radius 3 is 2.54 bits per heavy atom. The summed E-state index contributed by atoms with van der Waals surface area (Å²) in [6.07, 6.45) is 3.80. The van der Waals surface area contributed by atoms with Gasteiger partial charge in [0.25, 0.3) is 0 Å². The maximum absolute atomic E-state index is 13.1. The zero-order chi connectivity index (χ0) is 17.3. The second-order valence-corrected chi connectivity index (χ2v) is 7.61. The van der Waals surface area contributed by atoms with Crippen molar-refractivity contribution >= 4 is 5.91 Å². The second-order valence-electron chi connectivity index (χ2n) is 7.61. The number of benzene rings is 1. The van der Waals surface area contributed by atoms with Gasteiger partial charge in [0.15, 0.2) is 0 Å². The number of aryl methyl sites for hydroxylation is 1. The number of carbonyl (C=O) groups excluding carboxylic acids is 1. The molecular formula is C19H30N4O. The highest BCUT2D eigenvalue weighted by Gasteiger charge is 2.37. The van der Waals surface area contributed by atoms with Crippen molar-refractivity contribution in [2.24, 2.45) is 5.92 Å². The van der Waals surface area contributed by atoms with Crippen molar-refractivity contribution in [3.05, 3.63) is 35.4 Å². The van der Waals surface area contributed by atoms with Crippen LogP contribution in [-0.4, -0.2) is 55.5 Å². The van der Waals surface area contributed by atoms with E-state index in [1.807, 2.05) is 43.1 Å². The lowest BCUT2D eigenvalue weighted by Crippen LogP contribution is -2.45. The molecule has 2 aliphatic rings. The van der Waals surface area contributed by atoms with Crippen LogP contribution >= 0.6 is 0 Å². The van der Waals surface area contributed by atoms with Crippen LogP contribution in [0.5, 0.6) is 0 Å². The van der Waals surface area contributed by atoms with Crippen LogP contribution in [0.4, 0.5) is 0 Å². The molecule has 5 nitrogen and oxygen atoms in total. The lowest BCUT2D eigenvalue weighted by Gasteiger charge is -2.30. The molecule has 0 bridgehead atoms. The molecule has 3 atom stereocenters. The third kappa shape index (κ3) is 3.79. The van der Waals surface area contributed by atoms with Crippen LogP contribution in [-0.2, 0) is 4.79 Å². The minimum absolute atomic E-state index is 0.158. The zero-order valence-electron chi connectivity index (χ0n) is 15.2. The van der Waals surface area contributed by atoms with Gasteiger partial charge in [-0.3, -0.25) is 20.5 Å². The molecule has 132 valence electrons. The number of hydrazine groups is 1. The molecule has 3 rings (SSSR count). The Labute approximate surface area is 145 Å². The Hall–Kier alpha value is -1.43. The van der Waals surface area contributed by atoms with Gasteiger partial charge in [0.1, 0.15) is 6.04 Å². The van der Waals surface area contributed by atoms with Gasteiger partial charge in [0, 0.05) is 25.7 Å². The minimum atomic E-state index is -0.232. The molecule has 1 aromatic carbocycles. The molecule has 1 saturated carbocycles. The van der Waals surface area contributed by atoms with Gasteiger partial charge in [0.2, 0.25) is 5.91 Å². The standard InChI is InChI=1S/C19H30N4O/c1-13-7-5-6-8-16(13)18(22(2)3)19(24)23(4)12-15-11-17(21-20-15)14-9-10-14/h5-8,14-15,17-18,20-21H,9-12H2,1-4H3. The molecular weight excluding hydrogens is 300 g/mol. The molecule has 2 N–H and O–H groups in total. The summed E-state index contributed by atoms with van der Waals surface area (Å²) >= 11 is 0. The van der Waals surface area contributed by atoms with Gasteiger partial charge in [-0.15, -0.1) is 0 Å². The van der Waals surface area contributed by atoms with Crippen molar-refractivity contribution in [3.8, 4) is 0 Å². The Balaban J connectivity index is 1.65. The maximum atomic E-state index is 13.1. The van der Waals surface area contributed by atoms with Crippen molar-refractivity contribution < 1.29 is 4.79 Å². The summed E-state index contributed by atoms with van der Waals surface area (Å²) in [6.45, 7) is 2.81. The molecule has 1 aliphatic heterocycles. The van der Waals surface area contributed by atoms with Crippen LogP contribution in [0.25, 0.3) is 0 Å². The van der Waals surface area contributed by atoms with Gasteiger partial charge in [-0.1, -0.05) is 24.3 Å². The molecule has 1 amide bonds. The van der Waals surface area contributed by atoms with E-state index in [0.29, 0.717) is 12.1 Å². The fourth-order valence-electron chi connectivity index (χ4n) is 3.73. The van der Waals surface area contributed by atoms with Gasteiger partial charge in [0.05, 0.1) is 0 Å². The largest absolute Gasteiger partial charge is 0.342 e. The maximum Gasteiger partial charge on any atom is 0.244 e. The summed E-state index contributed by atoms with van der Waals surface area (Å²) in [5, 5.41) is 0. The summed E-state index contributed by atoms with van der Waals surface area (Å²) in [6, 6.07) is 8.85. The molecule has 1 heterocycles. The van der Waals surface area contributed by atoms with Crippen molar-refractivity contribution in [2.45, 2.75) is 44.3 Å². The van der Waals surface area contributed by atoms with Crippen LogP contribution in [0.2, 0.25) is 0 Å². The summed E-state index contributed by atoms with van der Waals surface area (Å²) in [7, 11) is 5.87. The van der Waals surface area contributed by atoms with Crippen molar-refractivity contribution in [1.82, 2.24) is 20.7 Å². The first-order valence-electron chi connectivity index (χ1n) is 8.95. The van der Waals surface area contributed by atoms with Crippen molar-refractivity contribution in [1.29, 1.82) is 0 Å². The van der Waals surface area contributed by atoms with E-state index in [9.17, 15) is 4.79 Å². The summed E-state index contributed by atoms with van der Waals surface area (Å²) < 4.78 is 0. The molecule has 3 unspecified atom stereocenters. The Bertz CT molecular complexity index is 584. The van der Waals surface area contributed by atoms with E-state index in [1.54, 1.807) is 0 Å². The number of amides is 1. The van der Waals surface area contributed by atoms with Crippen LogP contribution < -0.4 is 10.9 Å². The number of hydrogen-bond donors (Lipinski definition) is 2. The Morgan fingerprint density at radius 2 is 1.92 bits per heavy atom. The zero-order valence-corrected chi connectivity index (χ0v) is 15.2. The van der Waals surface area contributed by atoms with Crippen LogP contribution in [0.3, 0.4) is 0 Å². The van der Waals surface area contributed by atoms with Crippen molar-refractivity contribution in [2.75, 3.05) is 27.7 Å². The van der Waals surface area contributed by atoms with Gasteiger partial charge >= 0.3 is 0 Å². The highest BCUT2D eigenvalue weighted by atomic mass is 16.2. The molecule has 1 aromatic rings. The summed E-state index contributed by atoms with van der Waals surface area (Å²) in [5.41, 5.74) is 9.03. The molecule has 1 aliphatic carbocycles. The third-order valence-electron chi connectivity index (χ3n) is 5.31. The molecule has 2 fully saturated rings. The third-order valence-corrected chi connectivity index (χ3v) is 5.31. The van der Waals surface area contributed by atoms with Gasteiger partial charge in [-0.05, 0) is 57.3 Å². The molecule has 5 heteroatoms. The highest BCUT2D eigenvalue weighted by molar-refractivity contribution is 5.83. The molecule has 0 aromatic heterocycles. The average molecular weight is 330 g/mol. The number of carbonyl (C=O) groups is 1. The van der Waals surface area contributed by atoms with Gasteiger partial charge in [-0.2, -0.15) is 0 Å². The van der Waals surface area contributed by atoms with E-state index in [2.05, 4.69) is 29.9 Å². The van der Waals surface area contributed by atoms with Crippen LogP contribution in [0.15, 0.2) is 24.3 Å². The van der Waals surface area contributed by atoms with Crippen LogP contribution in [0.1, 0.15) is 36.4 Å². The SMILES string of the molecule is Cc1ccccc1C(C(=O)N(C)CC1CC(C2CC2)NN1)N(C)C. The van der Waals surface area contributed by atoms with Gasteiger partial charge < -0.3 is 4.90 Å². The first-order valence-corrected chi connectivity index (χ1v) is 8.95. The van der Waals surface area contributed by atoms with E-state index in [-0.39, 0.29) is 11.9 Å². The number of hydrogen-bond acceptors (Lipinski definition) is 4. The summed E-state index contributed by atoms with van der Waals surface area (Å²) in [5.74, 6) is 0.996. The van der Waals surface area contributed by atoms with E-state index in [0.717, 1.165) is 30.0 Å². The van der Waals surface area contributed by atoms with E-state index >= 15 is 0 Å². The lowest BCUT2D eigenvalue weighted by atomic mass is 9.99. The van der Waals surface area contributed by atoms with E-state index < -0.39 is 0 Å². The monoisotopic (exact) mass is 330 g/mol. The minimum Gasteiger partial charge on any atom is -0.342 e. The lowest BCUT2D eigenvalue weighted by molar-refractivity contribution is -0.135. The summed E-state index contributed by atoms with van der Waals surface area (Å²) in [4.78, 5) is 17.0. The Morgan fingerprint density at radius 1 is 1.21 bits per heavy atom. The smallest absolute Gasteiger partial charge is 0.244 e. The molecule has 0 spiro atoms.